The van der Waals surface area contributed by atoms with Crippen LogP contribution >= 0.6 is 0 Å². The summed E-state index contributed by atoms with van der Waals surface area (Å²) in [4.78, 5) is 31.5. The first-order chi connectivity index (χ1) is 17.6. The Bertz CT molecular complexity index is 1010. The number of morpholine rings is 1. The summed E-state index contributed by atoms with van der Waals surface area (Å²) < 4.78 is 18.9. The number of nitrogens with zero attached hydrogens (tertiary/aromatic N) is 6. The van der Waals surface area contributed by atoms with Crippen LogP contribution in [-0.4, -0.2) is 100 Å². The first-order valence-corrected chi connectivity index (χ1v) is 13.2. The van der Waals surface area contributed by atoms with Gasteiger partial charge in [0.1, 0.15) is 11.4 Å². The van der Waals surface area contributed by atoms with Crippen molar-refractivity contribution >= 4 is 5.91 Å². The number of hydrogen-bond donors (Lipinski definition) is 0. The normalized spacial score (nSPS) is 23.9. The third-order valence-corrected chi connectivity index (χ3v) is 7.87. The van der Waals surface area contributed by atoms with Crippen molar-refractivity contribution in [1.82, 2.24) is 29.3 Å². The van der Waals surface area contributed by atoms with Gasteiger partial charge in [0.25, 0.3) is 5.91 Å². The smallest absolute Gasteiger partial charge is 0.272 e. The van der Waals surface area contributed by atoms with E-state index in [9.17, 15) is 4.79 Å². The summed E-state index contributed by atoms with van der Waals surface area (Å²) in [6.45, 7) is 5.76. The predicted octanol–water partition coefficient (Wildman–Crippen LogP) is 2.40. The van der Waals surface area contributed by atoms with Crippen molar-refractivity contribution in [3.8, 4) is 17.4 Å². The maximum absolute atomic E-state index is 13.6. The largest absolute Gasteiger partial charge is 0.477 e. The van der Waals surface area contributed by atoms with Crippen molar-refractivity contribution < 1.29 is 19.0 Å². The van der Waals surface area contributed by atoms with Gasteiger partial charge in [0.05, 0.1) is 32.3 Å². The van der Waals surface area contributed by atoms with Crippen molar-refractivity contribution in [1.29, 1.82) is 0 Å². The van der Waals surface area contributed by atoms with Crippen LogP contribution < -0.4 is 4.74 Å². The van der Waals surface area contributed by atoms with Crippen LogP contribution in [-0.2, 0) is 16.5 Å². The highest BCUT2D eigenvalue weighted by atomic mass is 16.5. The lowest BCUT2D eigenvalue weighted by atomic mass is 9.89. The molecule has 10 nitrogen and oxygen atoms in total. The van der Waals surface area contributed by atoms with Gasteiger partial charge in [-0.2, -0.15) is 4.98 Å². The lowest BCUT2D eigenvalue weighted by molar-refractivity contribution is 0.00257. The molecule has 1 amide bonds. The molecule has 1 saturated carbocycles. The van der Waals surface area contributed by atoms with Crippen molar-refractivity contribution in [2.45, 2.75) is 50.6 Å². The summed E-state index contributed by atoms with van der Waals surface area (Å²) in [6.07, 6.45) is 9.56. The van der Waals surface area contributed by atoms with Gasteiger partial charge in [-0.25, -0.2) is 9.97 Å². The number of aryl methyl sites for hydroxylation is 1. The first-order valence-electron chi connectivity index (χ1n) is 13.2. The van der Waals surface area contributed by atoms with E-state index in [4.69, 9.17) is 14.2 Å². The van der Waals surface area contributed by atoms with E-state index in [1.54, 1.807) is 18.6 Å². The Balaban J connectivity index is 1.28. The van der Waals surface area contributed by atoms with Gasteiger partial charge in [-0.05, 0) is 44.4 Å². The lowest BCUT2D eigenvalue weighted by Crippen LogP contribution is -2.48. The average molecular weight is 499 g/mol. The molecule has 0 aromatic carbocycles. The maximum Gasteiger partial charge on any atom is 0.272 e. The Labute approximate surface area is 213 Å². The Kier molecular flexibility index (Phi) is 8.13. The van der Waals surface area contributed by atoms with Crippen LogP contribution in [0.5, 0.6) is 5.88 Å². The van der Waals surface area contributed by atoms with Crippen molar-refractivity contribution in [2.24, 2.45) is 13.0 Å². The fourth-order valence-electron chi connectivity index (χ4n) is 5.51. The fraction of sp³-hybridized carbons (Fsp3) is 0.692. The highest BCUT2D eigenvalue weighted by molar-refractivity contribution is 5.93. The number of ether oxygens (including phenoxy) is 3. The van der Waals surface area contributed by atoms with Gasteiger partial charge >= 0.3 is 0 Å². The van der Waals surface area contributed by atoms with E-state index in [1.165, 1.54) is 0 Å². The summed E-state index contributed by atoms with van der Waals surface area (Å²) in [7, 11) is 3.79. The van der Waals surface area contributed by atoms with Crippen LogP contribution in [0.25, 0.3) is 11.5 Å². The van der Waals surface area contributed by atoms with E-state index in [0.717, 1.165) is 83.7 Å². The summed E-state index contributed by atoms with van der Waals surface area (Å²) in [5, 5.41) is 0. The van der Waals surface area contributed by atoms with Gasteiger partial charge in [-0.3, -0.25) is 9.69 Å². The molecule has 1 aliphatic carbocycles. The van der Waals surface area contributed by atoms with Gasteiger partial charge in [-0.15, -0.1) is 0 Å². The zero-order valence-electron chi connectivity index (χ0n) is 21.5. The fourth-order valence-corrected chi connectivity index (χ4v) is 5.51. The molecule has 0 N–H and O–H groups in total. The molecule has 4 heterocycles. The van der Waals surface area contributed by atoms with Crippen LogP contribution in [0.15, 0.2) is 18.6 Å². The molecule has 2 saturated heterocycles. The average Bonchev–Trinajstić information content (AvgIpc) is 3.38. The van der Waals surface area contributed by atoms with Gasteiger partial charge in [0.15, 0.2) is 5.82 Å². The Hall–Kier alpha value is -2.56. The molecule has 2 aromatic rings. The molecular weight excluding hydrogens is 460 g/mol. The number of hydrogen-bond acceptors (Lipinski definition) is 8. The van der Waals surface area contributed by atoms with Gasteiger partial charge in [0, 0.05) is 58.5 Å². The summed E-state index contributed by atoms with van der Waals surface area (Å²) >= 11 is 0. The van der Waals surface area contributed by atoms with Gasteiger partial charge < -0.3 is 23.7 Å². The number of aromatic nitrogens is 4. The number of amides is 1. The number of carbonyl (C=O) groups is 1. The van der Waals surface area contributed by atoms with E-state index >= 15 is 0 Å². The molecule has 3 aliphatic rings. The first kappa shape index (κ1) is 25.1. The summed E-state index contributed by atoms with van der Waals surface area (Å²) in [5.41, 5.74) is 1.11. The van der Waals surface area contributed by atoms with Gasteiger partial charge in [-0.1, -0.05) is 0 Å². The highest BCUT2D eigenvalue weighted by Gasteiger charge is 2.31. The van der Waals surface area contributed by atoms with Crippen molar-refractivity contribution in [3.63, 3.8) is 0 Å². The third-order valence-electron chi connectivity index (χ3n) is 7.87. The molecule has 5 rings (SSSR count). The third kappa shape index (κ3) is 5.87. The summed E-state index contributed by atoms with van der Waals surface area (Å²) in [5.74, 6) is 1.22. The molecule has 196 valence electrons. The van der Waals surface area contributed by atoms with E-state index in [2.05, 4.69) is 19.9 Å². The van der Waals surface area contributed by atoms with E-state index in [1.807, 2.05) is 23.6 Å². The van der Waals surface area contributed by atoms with E-state index < -0.39 is 0 Å². The zero-order valence-corrected chi connectivity index (χ0v) is 21.5. The second kappa shape index (κ2) is 11.7. The molecule has 2 aliphatic heterocycles. The maximum atomic E-state index is 13.6. The molecule has 0 unspecified atom stereocenters. The lowest BCUT2D eigenvalue weighted by Gasteiger charge is -2.40. The molecule has 36 heavy (non-hydrogen) atoms. The number of carbonyl (C=O) groups excluding carboxylic acids is 1. The molecular formula is C26H38N6O4. The minimum absolute atomic E-state index is 0.0912. The van der Waals surface area contributed by atoms with Crippen LogP contribution in [0.2, 0.25) is 0 Å². The van der Waals surface area contributed by atoms with E-state index in [0.29, 0.717) is 36.0 Å². The number of imidazole rings is 1. The van der Waals surface area contributed by atoms with E-state index in [-0.39, 0.29) is 11.9 Å². The van der Waals surface area contributed by atoms with Crippen LogP contribution in [0.1, 0.15) is 49.0 Å². The quantitative estimate of drug-likeness (QED) is 0.574. The molecule has 0 bridgehead atoms. The minimum Gasteiger partial charge on any atom is -0.477 e. The predicted molar refractivity (Wildman–Crippen MR) is 134 cm³/mol. The SMILES string of the molecule is CN(C(=O)c1cc(OCC2CCOCC2)nc(-c2cncn2C)n1)C1CCC(N2CCOCC2)CC1. The highest BCUT2D eigenvalue weighted by Crippen LogP contribution is 2.28. The van der Waals surface area contributed by atoms with Crippen LogP contribution in [0, 0.1) is 5.92 Å². The zero-order chi connectivity index (χ0) is 24.9. The molecule has 10 heteroatoms. The Morgan fingerprint density at radius 2 is 1.78 bits per heavy atom. The molecule has 0 radical (unpaired) electrons. The molecule has 2 aromatic heterocycles. The molecule has 0 spiro atoms. The Morgan fingerprint density at radius 1 is 1.06 bits per heavy atom. The van der Waals surface area contributed by atoms with Crippen molar-refractivity contribution in [2.75, 3.05) is 53.2 Å². The molecule has 3 fully saturated rings. The van der Waals surface area contributed by atoms with Gasteiger partial charge in [0.2, 0.25) is 5.88 Å². The second-order valence-electron chi connectivity index (χ2n) is 10.2. The topological polar surface area (TPSA) is 94.8 Å². The van der Waals surface area contributed by atoms with Crippen molar-refractivity contribution in [3.05, 3.63) is 24.3 Å². The number of rotatable bonds is 7. The monoisotopic (exact) mass is 498 g/mol. The standard InChI is InChI=1S/C26H38N6O4/c1-30-18-27-16-23(30)25-28-22(15-24(29-25)36-17-19-7-11-34-12-8-19)26(33)31(2)20-3-5-21(6-4-20)32-9-13-35-14-10-32/h15-16,18-21H,3-14,17H2,1-2H3. The minimum atomic E-state index is -0.0912. The van der Waals surface area contributed by atoms with Crippen LogP contribution in [0.4, 0.5) is 0 Å². The Morgan fingerprint density at radius 3 is 2.47 bits per heavy atom. The second-order valence-corrected chi connectivity index (χ2v) is 10.2. The van der Waals surface area contributed by atoms with Crippen LogP contribution in [0.3, 0.4) is 0 Å². The summed E-state index contributed by atoms with van der Waals surface area (Å²) in [6, 6.07) is 2.49. The molecule has 0 atom stereocenters.